The molecule has 10 heteroatoms. The van der Waals surface area contributed by atoms with Crippen LogP contribution >= 0.6 is 0 Å². The van der Waals surface area contributed by atoms with E-state index < -0.39 is 11.9 Å². The molecule has 0 aromatic heterocycles. The molecule has 2 fully saturated rings. The van der Waals surface area contributed by atoms with E-state index in [0.717, 1.165) is 25.7 Å². The fourth-order valence-electron chi connectivity index (χ4n) is 2.88. The van der Waals surface area contributed by atoms with Gasteiger partial charge in [0.2, 0.25) is 0 Å². The summed E-state index contributed by atoms with van der Waals surface area (Å²) in [5.41, 5.74) is 10.8. The molecule has 0 amide bonds. The van der Waals surface area contributed by atoms with E-state index in [2.05, 4.69) is 0 Å². The molecule has 0 aromatic carbocycles. The third kappa shape index (κ3) is 11.5. The fraction of sp³-hybridized carbons (Fsp3) is 0.895. The van der Waals surface area contributed by atoms with Crippen molar-refractivity contribution in [3.05, 3.63) is 0 Å². The lowest BCUT2D eigenvalue weighted by Crippen LogP contribution is -2.52. The summed E-state index contributed by atoms with van der Waals surface area (Å²) in [4.78, 5) is 19.8. The number of carboxylic acid groups (broad SMARTS) is 2. The Balaban J connectivity index is 0.000000359. The van der Waals surface area contributed by atoms with Gasteiger partial charge in [0.1, 0.15) is 0 Å². The van der Waals surface area contributed by atoms with E-state index in [1.54, 1.807) is 0 Å². The molecule has 2 saturated heterocycles. The Morgan fingerprint density at radius 1 is 0.724 bits per heavy atom. The SMILES string of the molecule is NCCCC1OCC2(CO1)COC(CCCN)OC2.O=C(O)CCCCC(=O)O. The molecule has 2 aliphatic rings. The summed E-state index contributed by atoms with van der Waals surface area (Å²) in [5, 5.41) is 16.3. The van der Waals surface area contributed by atoms with Crippen LogP contribution in [0.5, 0.6) is 0 Å². The summed E-state index contributed by atoms with van der Waals surface area (Å²) in [6.07, 6.45) is 4.33. The van der Waals surface area contributed by atoms with Gasteiger partial charge in [-0.25, -0.2) is 0 Å². The zero-order chi connectivity index (χ0) is 21.5. The standard InChI is InChI=1S/C13H26N2O4.C6H10O4/c14-5-1-3-11-16-7-13(8-17-11)9-18-12(19-10-13)4-2-6-15;7-5(8)3-1-2-4-6(9)10/h11-12H,1-10,14-15H2;1-4H2,(H,7,8)(H,9,10). The van der Waals surface area contributed by atoms with Crippen molar-refractivity contribution in [3.8, 4) is 0 Å². The molecule has 0 atom stereocenters. The number of unbranched alkanes of at least 4 members (excludes halogenated alkanes) is 1. The van der Waals surface area contributed by atoms with Gasteiger partial charge in [-0.05, 0) is 51.6 Å². The van der Waals surface area contributed by atoms with Gasteiger partial charge in [0.25, 0.3) is 0 Å². The normalized spacial score (nSPS) is 26.6. The van der Waals surface area contributed by atoms with Crippen molar-refractivity contribution < 1.29 is 38.7 Å². The Morgan fingerprint density at radius 3 is 1.34 bits per heavy atom. The second-order valence-electron chi connectivity index (χ2n) is 7.46. The molecule has 170 valence electrons. The van der Waals surface area contributed by atoms with Crippen molar-refractivity contribution in [1.82, 2.24) is 0 Å². The molecule has 2 aliphatic heterocycles. The molecule has 0 unspecified atom stereocenters. The molecule has 0 radical (unpaired) electrons. The molecular formula is C19H36N2O8. The molecule has 0 aromatic rings. The first-order valence-corrected chi connectivity index (χ1v) is 10.2. The zero-order valence-corrected chi connectivity index (χ0v) is 17.1. The van der Waals surface area contributed by atoms with E-state index in [0.29, 0.717) is 52.4 Å². The Kier molecular flexibility index (Phi) is 13.0. The molecule has 6 N–H and O–H groups in total. The second kappa shape index (κ2) is 14.6. The predicted molar refractivity (Wildman–Crippen MR) is 104 cm³/mol. The maximum atomic E-state index is 9.90. The summed E-state index contributed by atoms with van der Waals surface area (Å²) < 4.78 is 22.9. The van der Waals surface area contributed by atoms with Crippen molar-refractivity contribution in [1.29, 1.82) is 0 Å². The van der Waals surface area contributed by atoms with Gasteiger partial charge in [0.05, 0.1) is 31.8 Å². The molecule has 0 bridgehead atoms. The average molecular weight is 421 g/mol. The third-order valence-electron chi connectivity index (χ3n) is 4.62. The van der Waals surface area contributed by atoms with E-state index in [9.17, 15) is 9.59 Å². The molecule has 10 nitrogen and oxygen atoms in total. The topological polar surface area (TPSA) is 164 Å². The number of hydrogen-bond donors (Lipinski definition) is 4. The maximum Gasteiger partial charge on any atom is 0.303 e. The third-order valence-corrected chi connectivity index (χ3v) is 4.62. The molecule has 0 aliphatic carbocycles. The van der Waals surface area contributed by atoms with Crippen molar-refractivity contribution in [2.24, 2.45) is 16.9 Å². The van der Waals surface area contributed by atoms with Crippen LogP contribution in [0.2, 0.25) is 0 Å². The number of hydrogen-bond acceptors (Lipinski definition) is 8. The fourth-order valence-corrected chi connectivity index (χ4v) is 2.88. The van der Waals surface area contributed by atoms with Gasteiger partial charge in [-0.3, -0.25) is 9.59 Å². The quantitative estimate of drug-likeness (QED) is 0.353. The van der Waals surface area contributed by atoms with Gasteiger partial charge in [-0.15, -0.1) is 0 Å². The Hall–Kier alpha value is -1.30. The highest BCUT2D eigenvalue weighted by atomic mass is 16.7. The Morgan fingerprint density at radius 2 is 1.07 bits per heavy atom. The maximum absolute atomic E-state index is 9.90. The minimum atomic E-state index is -0.870. The van der Waals surface area contributed by atoms with Crippen LogP contribution in [0.4, 0.5) is 0 Å². The van der Waals surface area contributed by atoms with E-state index in [1.165, 1.54) is 0 Å². The van der Waals surface area contributed by atoms with Crippen molar-refractivity contribution in [2.75, 3.05) is 39.5 Å². The number of carbonyl (C=O) groups is 2. The van der Waals surface area contributed by atoms with E-state index in [1.807, 2.05) is 0 Å². The number of nitrogens with two attached hydrogens (primary N) is 2. The summed E-state index contributed by atoms with van der Waals surface area (Å²) in [6, 6.07) is 0. The van der Waals surface area contributed by atoms with Crippen molar-refractivity contribution in [3.63, 3.8) is 0 Å². The van der Waals surface area contributed by atoms with Crippen LogP contribution in [0.1, 0.15) is 51.4 Å². The number of rotatable bonds is 11. The first-order valence-electron chi connectivity index (χ1n) is 10.2. The molecular weight excluding hydrogens is 384 g/mol. The minimum absolute atomic E-state index is 0.0628. The van der Waals surface area contributed by atoms with Gasteiger partial charge >= 0.3 is 11.9 Å². The Labute approximate surface area is 171 Å². The van der Waals surface area contributed by atoms with Gasteiger partial charge in [0, 0.05) is 12.8 Å². The summed E-state index contributed by atoms with van der Waals surface area (Å²) >= 11 is 0. The number of carboxylic acids is 2. The summed E-state index contributed by atoms with van der Waals surface area (Å²) in [6.45, 7) is 3.86. The molecule has 0 saturated carbocycles. The highest BCUT2D eigenvalue weighted by Gasteiger charge is 2.41. The average Bonchev–Trinajstić information content (AvgIpc) is 2.71. The van der Waals surface area contributed by atoms with Gasteiger partial charge in [-0.1, -0.05) is 0 Å². The lowest BCUT2D eigenvalue weighted by Gasteiger charge is -2.43. The van der Waals surface area contributed by atoms with Gasteiger partial charge in [-0.2, -0.15) is 0 Å². The first kappa shape index (κ1) is 25.7. The highest BCUT2D eigenvalue weighted by Crippen LogP contribution is 2.31. The predicted octanol–water partition coefficient (Wildman–Crippen LogP) is 0.912. The lowest BCUT2D eigenvalue weighted by atomic mass is 9.90. The van der Waals surface area contributed by atoms with Crippen LogP contribution in [0.15, 0.2) is 0 Å². The first-order chi connectivity index (χ1) is 13.9. The van der Waals surface area contributed by atoms with Gasteiger partial charge in [0.15, 0.2) is 12.6 Å². The number of aliphatic carboxylic acids is 2. The van der Waals surface area contributed by atoms with E-state index >= 15 is 0 Å². The number of ether oxygens (including phenoxy) is 4. The molecule has 2 heterocycles. The van der Waals surface area contributed by atoms with Crippen LogP contribution in [0.3, 0.4) is 0 Å². The van der Waals surface area contributed by atoms with Crippen LogP contribution in [0.25, 0.3) is 0 Å². The van der Waals surface area contributed by atoms with Crippen molar-refractivity contribution >= 4 is 11.9 Å². The lowest BCUT2D eigenvalue weighted by molar-refractivity contribution is -0.304. The summed E-state index contributed by atoms with van der Waals surface area (Å²) in [5.74, 6) is -1.74. The van der Waals surface area contributed by atoms with Crippen LogP contribution in [0, 0.1) is 5.41 Å². The zero-order valence-electron chi connectivity index (χ0n) is 17.1. The Bertz CT molecular complexity index is 416. The molecule has 2 rings (SSSR count). The smallest absolute Gasteiger partial charge is 0.303 e. The second-order valence-corrected chi connectivity index (χ2v) is 7.46. The molecule has 29 heavy (non-hydrogen) atoms. The van der Waals surface area contributed by atoms with Crippen LogP contribution in [-0.4, -0.2) is 74.2 Å². The van der Waals surface area contributed by atoms with Gasteiger partial charge < -0.3 is 40.6 Å². The minimum Gasteiger partial charge on any atom is -0.481 e. The van der Waals surface area contributed by atoms with Crippen LogP contribution in [-0.2, 0) is 28.5 Å². The highest BCUT2D eigenvalue weighted by molar-refractivity contribution is 5.67. The van der Waals surface area contributed by atoms with E-state index in [4.69, 9.17) is 40.6 Å². The largest absolute Gasteiger partial charge is 0.481 e. The van der Waals surface area contributed by atoms with Crippen molar-refractivity contribution in [2.45, 2.75) is 63.9 Å². The van der Waals surface area contributed by atoms with E-state index in [-0.39, 0.29) is 30.8 Å². The summed E-state index contributed by atoms with van der Waals surface area (Å²) in [7, 11) is 0. The van der Waals surface area contributed by atoms with Crippen LogP contribution < -0.4 is 11.5 Å². The monoisotopic (exact) mass is 420 g/mol. The molecule has 1 spiro atoms.